The van der Waals surface area contributed by atoms with Crippen LogP contribution in [-0.4, -0.2) is 25.4 Å². The summed E-state index contributed by atoms with van der Waals surface area (Å²) in [5, 5.41) is 14.2. The quantitative estimate of drug-likeness (QED) is 0.792. The lowest BCUT2D eigenvalue weighted by Gasteiger charge is -2.03. The Morgan fingerprint density at radius 3 is 2.90 bits per heavy atom. The molecule has 20 heavy (non-hydrogen) atoms. The van der Waals surface area contributed by atoms with Gasteiger partial charge in [-0.15, -0.1) is 0 Å². The topological polar surface area (TPSA) is 60.0 Å². The minimum atomic E-state index is -0.899. The number of nitrogens with zero attached hydrogens (tertiary/aromatic N) is 3. The number of carbonyl (C=O) groups is 1. The summed E-state index contributed by atoms with van der Waals surface area (Å²) < 4.78 is 3.99. The van der Waals surface area contributed by atoms with Crippen molar-refractivity contribution < 1.29 is 9.90 Å². The Labute approximate surface area is 116 Å². The fraction of sp³-hybridized carbons (Fsp3) is 0.200. The number of hydrogen-bond donors (Lipinski definition) is 1. The van der Waals surface area contributed by atoms with Gasteiger partial charge in [0.2, 0.25) is 0 Å². The summed E-state index contributed by atoms with van der Waals surface area (Å²) >= 11 is 0. The molecule has 5 heteroatoms. The number of aromatic carboxylic acids is 1. The average molecular weight is 269 g/mol. The van der Waals surface area contributed by atoms with Crippen LogP contribution < -0.4 is 0 Å². The summed E-state index contributed by atoms with van der Waals surface area (Å²) in [4.78, 5) is 11.0. The zero-order valence-corrected chi connectivity index (χ0v) is 11.2. The second-order valence-electron chi connectivity index (χ2n) is 4.73. The van der Waals surface area contributed by atoms with Gasteiger partial charge in [-0.3, -0.25) is 4.68 Å². The lowest BCUT2D eigenvalue weighted by molar-refractivity contribution is 0.0697. The number of aromatic nitrogens is 3. The van der Waals surface area contributed by atoms with Crippen molar-refractivity contribution in [3.05, 3.63) is 54.0 Å². The first kappa shape index (κ1) is 12.5. The molecule has 0 saturated heterocycles. The number of rotatable bonds is 4. The average Bonchev–Trinajstić information content (AvgIpc) is 3.06. The molecule has 0 radical (unpaired) electrons. The molecule has 0 amide bonds. The van der Waals surface area contributed by atoms with Crippen molar-refractivity contribution in [2.45, 2.75) is 20.0 Å². The highest BCUT2D eigenvalue weighted by molar-refractivity contribution is 5.93. The molecule has 0 fully saturated rings. The normalized spacial score (nSPS) is 11.1. The fourth-order valence-electron chi connectivity index (χ4n) is 2.33. The summed E-state index contributed by atoms with van der Waals surface area (Å²) in [5.74, 6) is -0.899. The molecular weight excluding hydrogens is 254 g/mol. The predicted molar refractivity (Wildman–Crippen MR) is 75.9 cm³/mol. The Bertz CT molecular complexity index is 770. The maximum atomic E-state index is 11.0. The van der Waals surface area contributed by atoms with E-state index in [0.29, 0.717) is 5.56 Å². The van der Waals surface area contributed by atoms with Crippen molar-refractivity contribution in [1.29, 1.82) is 0 Å². The summed E-state index contributed by atoms with van der Waals surface area (Å²) in [6.45, 7) is 3.64. The van der Waals surface area contributed by atoms with Crippen LogP contribution in [0, 0.1) is 0 Å². The van der Waals surface area contributed by atoms with Gasteiger partial charge in [-0.1, -0.05) is 0 Å². The molecule has 0 unspecified atom stereocenters. The standard InChI is InChI=1S/C15H15N3O2/c1-2-18-10-11(8-16-18)9-17-6-5-12-7-13(15(19)20)3-4-14(12)17/h3-8,10H,2,9H2,1H3,(H,19,20). The second kappa shape index (κ2) is 4.85. The highest BCUT2D eigenvalue weighted by atomic mass is 16.4. The molecule has 3 rings (SSSR count). The van der Waals surface area contributed by atoms with Crippen LogP contribution in [0.4, 0.5) is 0 Å². The van der Waals surface area contributed by atoms with Gasteiger partial charge in [-0.2, -0.15) is 5.10 Å². The van der Waals surface area contributed by atoms with Crippen molar-refractivity contribution in [3.63, 3.8) is 0 Å². The summed E-state index contributed by atoms with van der Waals surface area (Å²) in [6, 6.07) is 7.12. The number of hydrogen-bond acceptors (Lipinski definition) is 2. The fourth-order valence-corrected chi connectivity index (χ4v) is 2.33. The molecule has 1 N–H and O–H groups in total. The Morgan fingerprint density at radius 2 is 2.20 bits per heavy atom. The van der Waals surface area contributed by atoms with Gasteiger partial charge >= 0.3 is 5.97 Å². The second-order valence-corrected chi connectivity index (χ2v) is 4.73. The number of carboxylic acid groups (broad SMARTS) is 1. The van der Waals surface area contributed by atoms with Gasteiger partial charge in [0.1, 0.15) is 0 Å². The first-order valence-electron chi connectivity index (χ1n) is 6.51. The molecule has 0 spiro atoms. The van der Waals surface area contributed by atoms with Gasteiger partial charge < -0.3 is 9.67 Å². The van der Waals surface area contributed by atoms with Crippen LogP contribution in [-0.2, 0) is 13.1 Å². The third-order valence-electron chi connectivity index (χ3n) is 3.38. The van der Waals surface area contributed by atoms with E-state index in [1.165, 1.54) is 0 Å². The zero-order valence-electron chi connectivity index (χ0n) is 11.2. The first-order chi connectivity index (χ1) is 9.67. The van der Waals surface area contributed by atoms with Crippen molar-refractivity contribution in [1.82, 2.24) is 14.3 Å². The third-order valence-corrected chi connectivity index (χ3v) is 3.38. The highest BCUT2D eigenvalue weighted by Gasteiger charge is 2.07. The van der Waals surface area contributed by atoms with E-state index in [9.17, 15) is 4.79 Å². The number of carboxylic acids is 1. The van der Waals surface area contributed by atoms with Crippen LogP contribution in [0.2, 0.25) is 0 Å². The molecule has 0 aliphatic rings. The molecule has 0 aliphatic carbocycles. The molecule has 2 heterocycles. The number of aryl methyl sites for hydroxylation is 1. The van der Waals surface area contributed by atoms with Crippen LogP contribution in [0.25, 0.3) is 10.9 Å². The SMILES string of the molecule is CCn1cc(Cn2ccc3cc(C(=O)O)ccc32)cn1. The molecule has 0 saturated carbocycles. The van der Waals surface area contributed by atoms with E-state index in [2.05, 4.69) is 16.6 Å². The molecule has 0 aliphatic heterocycles. The number of benzene rings is 1. The maximum Gasteiger partial charge on any atom is 0.335 e. The molecule has 2 aromatic heterocycles. The molecule has 5 nitrogen and oxygen atoms in total. The van der Waals surface area contributed by atoms with Crippen LogP contribution in [0.5, 0.6) is 0 Å². The molecular formula is C15H15N3O2. The van der Waals surface area contributed by atoms with Crippen molar-refractivity contribution in [2.75, 3.05) is 0 Å². The number of fused-ring (bicyclic) bond motifs is 1. The predicted octanol–water partition coefficient (Wildman–Crippen LogP) is 2.60. The molecule has 102 valence electrons. The maximum absolute atomic E-state index is 11.0. The van der Waals surface area contributed by atoms with Crippen LogP contribution in [0.15, 0.2) is 42.9 Å². The summed E-state index contributed by atoms with van der Waals surface area (Å²) in [6.07, 6.45) is 5.86. The lowest BCUT2D eigenvalue weighted by atomic mass is 10.1. The van der Waals surface area contributed by atoms with E-state index >= 15 is 0 Å². The summed E-state index contributed by atoms with van der Waals surface area (Å²) in [5.41, 5.74) is 2.47. The van der Waals surface area contributed by atoms with E-state index in [1.54, 1.807) is 12.1 Å². The van der Waals surface area contributed by atoms with E-state index in [0.717, 1.165) is 29.6 Å². The van der Waals surface area contributed by atoms with E-state index in [4.69, 9.17) is 5.11 Å². The third kappa shape index (κ3) is 2.18. The van der Waals surface area contributed by atoms with Gasteiger partial charge in [-0.25, -0.2) is 4.79 Å². The van der Waals surface area contributed by atoms with E-state index < -0.39 is 5.97 Å². The molecule has 0 bridgehead atoms. The molecule has 3 aromatic rings. The lowest BCUT2D eigenvalue weighted by Crippen LogP contribution is -1.98. The van der Waals surface area contributed by atoms with Crippen molar-refractivity contribution >= 4 is 16.9 Å². The van der Waals surface area contributed by atoms with Crippen molar-refractivity contribution in [2.24, 2.45) is 0 Å². The van der Waals surface area contributed by atoms with E-state index in [-0.39, 0.29) is 0 Å². The largest absolute Gasteiger partial charge is 0.478 e. The minimum Gasteiger partial charge on any atom is -0.478 e. The Morgan fingerprint density at radius 1 is 1.35 bits per heavy atom. The van der Waals surface area contributed by atoms with Gasteiger partial charge in [-0.05, 0) is 31.2 Å². The van der Waals surface area contributed by atoms with Crippen LogP contribution >= 0.6 is 0 Å². The van der Waals surface area contributed by atoms with Crippen LogP contribution in [0.1, 0.15) is 22.8 Å². The van der Waals surface area contributed by atoms with Crippen molar-refractivity contribution in [3.8, 4) is 0 Å². The van der Waals surface area contributed by atoms with Gasteiger partial charge in [0.25, 0.3) is 0 Å². The highest BCUT2D eigenvalue weighted by Crippen LogP contribution is 2.19. The van der Waals surface area contributed by atoms with Gasteiger partial charge in [0.15, 0.2) is 0 Å². The Balaban J connectivity index is 1.94. The first-order valence-corrected chi connectivity index (χ1v) is 6.51. The monoisotopic (exact) mass is 269 g/mol. The summed E-state index contributed by atoms with van der Waals surface area (Å²) in [7, 11) is 0. The Hall–Kier alpha value is -2.56. The smallest absolute Gasteiger partial charge is 0.335 e. The Kier molecular flexibility index (Phi) is 3.02. The minimum absolute atomic E-state index is 0.314. The van der Waals surface area contributed by atoms with E-state index in [1.807, 2.05) is 35.4 Å². The zero-order chi connectivity index (χ0) is 14.1. The molecule has 0 atom stereocenters. The van der Waals surface area contributed by atoms with Crippen LogP contribution in [0.3, 0.4) is 0 Å². The molecule has 1 aromatic carbocycles. The van der Waals surface area contributed by atoms with Gasteiger partial charge in [0.05, 0.1) is 18.3 Å². The van der Waals surface area contributed by atoms with Gasteiger partial charge in [0, 0.05) is 35.4 Å².